The first-order valence-electron chi connectivity index (χ1n) is 25.3. The second kappa shape index (κ2) is 33.5. The zero-order chi connectivity index (χ0) is 40.3. The lowest BCUT2D eigenvalue weighted by Gasteiger charge is -2.37. The SMILES string of the molecule is CCCCCCCCCCCCCCCCCCC[n+]1ccn(C(CCCCCCCCCCCCCCCCC)C(C)(Cc2ccccc2)c2ccccc2)c1. The number of aryl methyl sites for hydroxylation is 1. The highest BCUT2D eigenvalue weighted by molar-refractivity contribution is 5.31. The monoisotopic (exact) mass is 782 g/mol. The van der Waals surface area contributed by atoms with E-state index in [0.717, 1.165) is 13.0 Å². The standard InChI is InChI=1S/C55H93N2/c1-4-6-8-10-12-14-16-18-20-21-23-25-27-29-31-33-41-47-56-48-49-57(51-56)54(46-40-32-30-28-26-24-22-19-17-15-13-11-9-7-5-2)55(3,53-44-38-35-39-45-53)50-52-42-36-34-37-43-52/h34-39,42-45,48-49,51,54H,4-33,40-41,46-47,50H2,1-3H3/q+1. The van der Waals surface area contributed by atoms with E-state index in [4.69, 9.17) is 0 Å². The second-order valence-corrected chi connectivity index (χ2v) is 18.5. The van der Waals surface area contributed by atoms with Crippen molar-refractivity contribution in [2.75, 3.05) is 0 Å². The van der Waals surface area contributed by atoms with Gasteiger partial charge in [0.25, 0.3) is 0 Å². The Morgan fingerprint density at radius 3 is 1.25 bits per heavy atom. The Hall–Kier alpha value is -2.35. The molecule has 0 bridgehead atoms. The zero-order valence-corrected chi connectivity index (χ0v) is 38.2. The molecule has 0 aliphatic rings. The van der Waals surface area contributed by atoms with Crippen LogP contribution in [0.2, 0.25) is 0 Å². The van der Waals surface area contributed by atoms with Gasteiger partial charge in [0.15, 0.2) is 0 Å². The Labute approximate surface area is 355 Å². The van der Waals surface area contributed by atoms with Crippen LogP contribution in [0, 0.1) is 0 Å². The topological polar surface area (TPSA) is 8.81 Å². The van der Waals surface area contributed by atoms with Crippen LogP contribution in [0.25, 0.3) is 0 Å². The van der Waals surface area contributed by atoms with E-state index in [2.05, 4.69) is 109 Å². The summed E-state index contributed by atoms with van der Waals surface area (Å²) in [5, 5.41) is 0. The lowest BCUT2D eigenvalue weighted by atomic mass is 9.70. The number of benzene rings is 2. The van der Waals surface area contributed by atoms with Gasteiger partial charge < -0.3 is 0 Å². The molecule has 0 amide bonds. The van der Waals surface area contributed by atoms with Crippen molar-refractivity contribution < 1.29 is 4.57 Å². The quantitative estimate of drug-likeness (QED) is 0.0403. The van der Waals surface area contributed by atoms with Crippen LogP contribution in [0.5, 0.6) is 0 Å². The van der Waals surface area contributed by atoms with E-state index in [-0.39, 0.29) is 5.41 Å². The van der Waals surface area contributed by atoms with Crippen molar-refractivity contribution in [2.24, 2.45) is 0 Å². The van der Waals surface area contributed by atoms with Crippen molar-refractivity contribution >= 4 is 0 Å². The maximum Gasteiger partial charge on any atom is 0.244 e. The van der Waals surface area contributed by atoms with Gasteiger partial charge in [0.05, 0.1) is 6.54 Å². The van der Waals surface area contributed by atoms with Gasteiger partial charge in [-0.25, -0.2) is 9.13 Å². The first kappa shape index (κ1) is 49.0. The second-order valence-electron chi connectivity index (χ2n) is 18.5. The summed E-state index contributed by atoms with van der Waals surface area (Å²) in [4.78, 5) is 0. The van der Waals surface area contributed by atoms with Crippen molar-refractivity contribution in [1.82, 2.24) is 4.57 Å². The minimum atomic E-state index is 0.00332. The van der Waals surface area contributed by atoms with Gasteiger partial charge >= 0.3 is 0 Å². The number of aromatic nitrogens is 2. The summed E-state index contributed by atoms with van der Waals surface area (Å²) >= 11 is 0. The molecule has 0 fully saturated rings. The third-order valence-electron chi connectivity index (χ3n) is 13.3. The lowest BCUT2D eigenvalue weighted by Crippen LogP contribution is -2.38. The molecule has 57 heavy (non-hydrogen) atoms. The average Bonchev–Trinajstić information content (AvgIpc) is 3.70. The minimum Gasteiger partial charge on any atom is -0.237 e. The van der Waals surface area contributed by atoms with E-state index < -0.39 is 0 Å². The predicted molar refractivity (Wildman–Crippen MR) is 251 cm³/mol. The molecule has 2 atom stereocenters. The third-order valence-corrected chi connectivity index (χ3v) is 13.3. The van der Waals surface area contributed by atoms with Crippen LogP contribution >= 0.6 is 0 Å². The molecule has 1 aromatic heterocycles. The van der Waals surface area contributed by atoms with Gasteiger partial charge in [-0.2, -0.15) is 0 Å². The summed E-state index contributed by atoms with van der Waals surface area (Å²) in [6, 6.07) is 23.1. The highest BCUT2D eigenvalue weighted by Gasteiger charge is 2.40. The molecular formula is C55H93N2+. The van der Waals surface area contributed by atoms with Crippen LogP contribution < -0.4 is 4.57 Å². The molecule has 1 heterocycles. The summed E-state index contributed by atoms with van der Waals surface area (Å²) in [5.41, 5.74) is 2.91. The molecule has 0 spiro atoms. The van der Waals surface area contributed by atoms with Crippen LogP contribution in [0.1, 0.15) is 250 Å². The first-order valence-corrected chi connectivity index (χ1v) is 25.3. The van der Waals surface area contributed by atoms with Gasteiger partial charge in [-0.1, -0.05) is 268 Å². The van der Waals surface area contributed by atoms with Crippen molar-refractivity contribution in [2.45, 2.75) is 257 Å². The van der Waals surface area contributed by atoms with Gasteiger partial charge in [-0.15, -0.1) is 0 Å². The number of hydrogen-bond donors (Lipinski definition) is 0. The van der Waals surface area contributed by atoms with E-state index in [1.165, 1.54) is 223 Å². The van der Waals surface area contributed by atoms with E-state index in [0.29, 0.717) is 6.04 Å². The molecular weight excluding hydrogens is 689 g/mol. The number of imidazole rings is 1. The van der Waals surface area contributed by atoms with Crippen LogP contribution in [-0.2, 0) is 18.4 Å². The van der Waals surface area contributed by atoms with Gasteiger partial charge in [-0.05, 0) is 43.2 Å². The van der Waals surface area contributed by atoms with Gasteiger partial charge in [0.1, 0.15) is 18.4 Å². The molecule has 322 valence electrons. The van der Waals surface area contributed by atoms with Crippen LogP contribution in [-0.4, -0.2) is 4.57 Å². The minimum absolute atomic E-state index is 0.00332. The van der Waals surface area contributed by atoms with Gasteiger partial charge in [-0.3, -0.25) is 0 Å². The van der Waals surface area contributed by atoms with Crippen molar-refractivity contribution in [3.63, 3.8) is 0 Å². The number of rotatable bonds is 39. The van der Waals surface area contributed by atoms with Crippen LogP contribution in [0.3, 0.4) is 0 Å². The highest BCUT2D eigenvalue weighted by atomic mass is 15.1. The van der Waals surface area contributed by atoms with E-state index in [9.17, 15) is 0 Å². The molecule has 0 aliphatic carbocycles. The molecule has 0 radical (unpaired) electrons. The van der Waals surface area contributed by atoms with Crippen molar-refractivity contribution in [3.05, 3.63) is 90.5 Å². The van der Waals surface area contributed by atoms with E-state index in [1.807, 2.05) is 0 Å². The maximum atomic E-state index is 2.60. The van der Waals surface area contributed by atoms with Gasteiger partial charge in [0.2, 0.25) is 6.33 Å². The van der Waals surface area contributed by atoms with Crippen molar-refractivity contribution in [1.29, 1.82) is 0 Å². The fourth-order valence-corrected chi connectivity index (χ4v) is 9.50. The number of nitrogens with zero attached hydrogens (tertiary/aromatic N) is 2. The summed E-state index contributed by atoms with van der Waals surface area (Å²) in [7, 11) is 0. The Bertz CT molecular complexity index is 1280. The number of hydrogen-bond acceptors (Lipinski definition) is 0. The molecule has 2 unspecified atom stereocenters. The molecule has 2 aromatic carbocycles. The van der Waals surface area contributed by atoms with E-state index in [1.54, 1.807) is 0 Å². The number of unbranched alkanes of at least 4 members (excludes halogenated alkanes) is 30. The highest BCUT2D eigenvalue weighted by Crippen LogP contribution is 2.42. The smallest absolute Gasteiger partial charge is 0.237 e. The fourth-order valence-electron chi connectivity index (χ4n) is 9.50. The Morgan fingerprint density at radius 1 is 0.456 bits per heavy atom. The summed E-state index contributed by atoms with van der Waals surface area (Å²) in [6.45, 7) is 8.31. The molecule has 0 N–H and O–H groups in total. The molecule has 3 aromatic rings. The zero-order valence-electron chi connectivity index (χ0n) is 38.2. The largest absolute Gasteiger partial charge is 0.244 e. The van der Waals surface area contributed by atoms with Gasteiger partial charge in [0, 0.05) is 5.41 Å². The molecule has 2 nitrogen and oxygen atoms in total. The average molecular weight is 782 g/mol. The molecule has 0 saturated carbocycles. The summed E-state index contributed by atoms with van der Waals surface area (Å²) in [5.74, 6) is 0. The van der Waals surface area contributed by atoms with Crippen LogP contribution in [0.4, 0.5) is 0 Å². The third kappa shape index (κ3) is 22.6. The summed E-state index contributed by atoms with van der Waals surface area (Å²) < 4.78 is 5.09. The molecule has 0 saturated heterocycles. The molecule has 3 rings (SSSR count). The van der Waals surface area contributed by atoms with Crippen molar-refractivity contribution in [3.8, 4) is 0 Å². The maximum absolute atomic E-state index is 2.60. The molecule has 2 heteroatoms. The Morgan fingerprint density at radius 2 is 0.825 bits per heavy atom. The predicted octanol–water partition coefficient (Wildman–Crippen LogP) is 17.4. The lowest BCUT2D eigenvalue weighted by molar-refractivity contribution is -0.697. The molecule has 0 aliphatic heterocycles. The Kier molecular flexibility index (Phi) is 28.8. The van der Waals surface area contributed by atoms with E-state index >= 15 is 0 Å². The van der Waals surface area contributed by atoms with Crippen LogP contribution in [0.15, 0.2) is 79.4 Å². The first-order chi connectivity index (χ1) is 28.2. The Balaban J connectivity index is 1.41. The summed E-state index contributed by atoms with van der Waals surface area (Å²) in [6.07, 6.45) is 55.0. The fraction of sp³-hybridized carbons (Fsp3) is 0.727. The normalized spacial score (nSPS) is 13.2.